The summed E-state index contributed by atoms with van der Waals surface area (Å²) in [6, 6.07) is 17.9. The molecule has 0 spiro atoms. The fourth-order valence-corrected chi connectivity index (χ4v) is 5.75. The predicted molar refractivity (Wildman–Crippen MR) is 144 cm³/mol. The molecule has 3 aromatic carbocycles. The molecule has 1 fully saturated rings. The number of hydrogen-bond donors (Lipinski definition) is 1. The molecule has 12 heteroatoms. The van der Waals surface area contributed by atoms with Crippen LogP contribution in [-0.2, 0) is 24.3 Å². The van der Waals surface area contributed by atoms with Gasteiger partial charge in [-0.1, -0.05) is 12.1 Å². The number of amides is 3. The molecular formula is C28H25N3O8S. The van der Waals surface area contributed by atoms with Crippen LogP contribution in [0.3, 0.4) is 0 Å². The summed E-state index contributed by atoms with van der Waals surface area (Å²) in [7, 11) is -3.67. The van der Waals surface area contributed by atoms with Gasteiger partial charge < -0.3 is 14.8 Å². The van der Waals surface area contributed by atoms with Gasteiger partial charge in [-0.25, -0.2) is 18.1 Å². The van der Waals surface area contributed by atoms with Crippen LogP contribution in [0.15, 0.2) is 77.7 Å². The molecule has 2 aliphatic heterocycles. The van der Waals surface area contributed by atoms with Gasteiger partial charge >= 0.3 is 5.97 Å². The first-order valence-corrected chi connectivity index (χ1v) is 13.9. The molecule has 3 aromatic rings. The number of sulfonamides is 1. The van der Waals surface area contributed by atoms with E-state index in [0.29, 0.717) is 35.7 Å². The average Bonchev–Trinajstić information content (AvgIpc) is 3.23. The number of carbonyl (C=O) groups is 4. The van der Waals surface area contributed by atoms with E-state index in [1.54, 1.807) is 24.3 Å². The monoisotopic (exact) mass is 563 g/mol. The minimum absolute atomic E-state index is 0.0940. The number of rotatable bonds is 7. The van der Waals surface area contributed by atoms with E-state index in [4.69, 9.17) is 9.47 Å². The van der Waals surface area contributed by atoms with Gasteiger partial charge in [-0.05, 0) is 67.6 Å². The number of hydrogen-bond acceptors (Lipinski definition) is 8. The van der Waals surface area contributed by atoms with Gasteiger partial charge in [0.05, 0.1) is 40.5 Å². The molecular weight excluding hydrogens is 538 g/mol. The zero-order valence-electron chi connectivity index (χ0n) is 21.4. The van der Waals surface area contributed by atoms with E-state index in [-0.39, 0.29) is 23.5 Å². The summed E-state index contributed by atoms with van der Waals surface area (Å²) in [5.74, 6) is -2.29. The van der Waals surface area contributed by atoms with Gasteiger partial charge in [0.1, 0.15) is 0 Å². The second kappa shape index (κ2) is 11.0. The van der Waals surface area contributed by atoms with Crippen LogP contribution in [0, 0.1) is 0 Å². The summed E-state index contributed by atoms with van der Waals surface area (Å²) in [5.41, 5.74) is 1.37. The highest BCUT2D eigenvalue weighted by molar-refractivity contribution is 7.89. The highest BCUT2D eigenvalue weighted by Crippen LogP contribution is 2.28. The lowest BCUT2D eigenvalue weighted by molar-refractivity contribution is -0.123. The molecule has 1 N–H and O–H groups in total. The fraction of sp³-hybridized carbons (Fsp3) is 0.214. The van der Waals surface area contributed by atoms with Gasteiger partial charge in [0.2, 0.25) is 10.0 Å². The third kappa shape index (κ3) is 5.24. The summed E-state index contributed by atoms with van der Waals surface area (Å²) < 4.78 is 37.3. The summed E-state index contributed by atoms with van der Waals surface area (Å²) >= 11 is 0. The Morgan fingerprint density at radius 1 is 0.875 bits per heavy atom. The van der Waals surface area contributed by atoms with E-state index in [2.05, 4.69) is 5.32 Å². The molecule has 0 saturated carbocycles. The number of nitrogens with one attached hydrogen (secondary N) is 1. The van der Waals surface area contributed by atoms with E-state index in [9.17, 15) is 27.6 Å². The molecule has 1 saturated heterocycles. The number of nitrogens with zero attached hydrogens (tertiary/aromatic N) is 2. The molecule has 0 aromatic heterocycles. The number of esters is 1. The van der Waals surface area contributed by atoms with Crippen molar-refractivity contribution in [3.8, 4) is 0 Å². The Kier molecular flexibility index (Phi) is 7.48. The number of benzene rings is 3. The Morgan fingerprint density at radius 3 is 2.02 bits per heavy atom. The first kappa shape index (κ1) is 27.2. The van der Waals surface area contributed by atoms with Crippen molar-refractivity contribution in [3.05, 3.63) is 89.5 Å². The van der Waals surface area contributed by atoms with Crippen molar-refractivity contribution in [1.29, 1.82) is 0 Å². The van der Waals surface area contributed by atoms with Crippen LogP contribution < -0.4 is 10.2 Å². The van der Waals surface area contributed by atoms with E-state index >= 15 is 0 Å². The van der Waals surface area contributed by atoms with Crippen molar-refractivity contribution in [1.82, 2.24) is 4.31 Å². The van der Waals surface area contributed by atoms with Crippen molar-refractivity contribution in [3.63, 3.8) is 0 Å². The normalized spacial score (nSPS) is 16.4. The van der Waals surface area contributed by atoms with Crippen molar-refractivity contribution < 1.29 is 37.1 Å². The van der Waals surface area contributed by atoms with Gasteiger partial charge in [-0.15, -0.1) is 0 Å². The Balaban J connectivity index is 1.18. The molecule has 0 radical (unpaired) electrons. The molecule has 0 aliphatic carbocycles. The Hall–Kier alpha value is -4.39. The third-order valence-electron chi connectivity index (χ3n) is 6.54. The fourth-order valence-electron chi connectivity index (χ4n) is 4.34. The average molecular weight is 564 g/mol. The predicted octanol–water partition coefficient (Wildman–Crippen LogP) is 2.69. The van der Waals surface area contributed by atoms with Crippen LogP contribution in [0.5, 0.6) is 0 Å². The zero-order valence-corrected chi connectivity index (χ0v) is 22.2. The van der Waals surface area contributed by atoms with Crippen LogP contribution in [0.1, 0.15) is 38.0 Å². The number of fused-ring (bicyclic) bond motifs is 1. The van der Waals surface area contributed by atoms with E-state index in [0.717, 1.165) is 4.90 Å². The van der Waals surface area contributed by atoms with Crippen LogP contribution in [0.25, 0.3) is 0 Å². The Labute approximate surface area is 230 Å². The maximum Gasteiger partial charge on any atom is 0.338 e. The Bertz CT molecular complexity index is 1550. The molecule has 11 nitrogen and oxygen atoms in total. The molecule has 0 bridgehead atoms. The first-order valence-electron chi connectivity index (χ1n) is 12.4. The molecule has 2 aliphatic rings. The lowest BCUT2D eigenvalue weighted by atomic mass is 10.1. The van der Waals surface area contributed by atoms with Crippen LogP contribution in [0.2, 0.25) is 0 Å². The molecule has 206 valence electrons. The quantitative estimate of drug-likeness (QED) is 0.342. The molecule has 3 amide bonds. The molecule has 1 atom stereocenters. The third-order valence-corrected chi connectivity index (χ3v) is 8.45. The number of anilines is 2. The smallest absolute Gasteiger partial charge is 0.338 e. The molecule has 40 heavy (non-hydrogen) atoms. The highest BCUT2D eigenvalue weighted by Gasteiger charge is 2.36. The molecule has 5 rings (SSSR count). The lowest BCUT2D eigenvalue weighted by Crippen LogP contribution is -2.40. The second-order valence-corrected chi connectivity index (χ2v) is 11.1. The first-order chi connectivity index (χ1) is 19.2. The summed E-state index contributed by atoms with van der Waals surface area (Å²) in [6.45, 7) is 2.61. The van der Waals surface area contributed by atoms with Crippen molar-refractivity contribution in [2.24, 2.45) is 0 Å². The molecule has 2 heterocycles. The number of imide groups is 1. The largest absolute Gasteiger partial charge is 0.449 e. The van der Waals surface area contributed by atoms with Gasteiger partial charge in [0.15, 0.2) is 6.10 Å². The van der Waals surface area contributed by atoms with Crippen molar-refractivity contribution in [2.45, 2.75) is 17.9 Å². The minimum Gasteiger partial charge on any atom is -0.449 e. The number of ether oxygens (including phenoxy) is 2. The van der Waals surface area contributed by atoms with Crippen molar-refractivity contribution in [2.75, 3.05) is 36.5 Å². The molecule has 1 unspecified atom stereocenters. The minimum atomic E-state index is -3.67. The van der Waals surface area contributed by atoms with E-state index < -0.39 is 39.8 Å². The maximum absolute atomic E-state index is 12.8. The van der Waals surface area contributed by atoms with E-state index in [1.807, 2.05) is 0 Å². The summed E-state index contributed by atoms with van der Waals surface area (Å²) in [4.78, 5) is 51.7. The highest BCUT2D eigenvalue weighted by atomic mass is 32.2. The lowest BCUT2D eigenvalue weighted by Gasteiger charge is -2.26. The maximum atomic E-state index is 12.8. The van der Waals surface area contributed by atoms with Crippen molar-refractivity contribution >= 4 is 45.1 Å². The Morgan fingerprint density at radius 2 is 1.45 bits per heavy atom. The standard InChI is InChI=1S/C28H25N3O8S/c1-18(25(32)29-20-8-12-22(13-9-20)40(36,37)30-14-16-38-17-15-30)39-28(35)19-6-10-21(11-7-19)31-26(33)23-4-2-3-5-24(23)27(31)34/h2-13,18H,14-17H2,1H3,(H,29,32). The SMILES string of the molecule is CC(OC(=O)c1ccc(N2C(=O)c3ccccc3C2=O)cc1)C(=O)Nc1ccc(S(=O)(=O)N2CCOCC2)cc1. The van der Waals surface area contributed by atoms with Gasteiger partial charge in [-0.2, -0.15) is 4.31 Å². The number of carbonyl (C=O) groups excluding carboxylic acids is 4. The van der Waals surface area contributed by atoms with Crippen LogP contribution in [0.4, 0.5) is 11.4 Å². The zero-order chi connectivity index (χ0) is 28.4. The summed E-state index contributed by atoms with van der Waals surface area (Å²) in [5, 5.41) is 2.60. The second-order valence-electron chi connectivity index (χ2n) is 9.12. The van der Waals surface area contributed by atoms with Gasteiger partial charge in [0.25, 0.3) is 17.7 Å². The van der Waals surface area contributed by atoms with Gasteiger partial charge in [0, 0.05) is 18.8 Å². The van der Waals surface area contributed by atoms with Crippen LogP contribution >= 0.6 is 0 Å². The van der Waals surface area contributed by atoms with E-state index in [1.165, 1.54) is 59.8 Å². The van der Waals surface area contributed by atoms with Gasteiger partial charge in [-0.3, -0.25) is 14.4 Å². The number of morpholine rings is 1. The summed E-state index contributed by atoms with van der Waals surface area (Å²) in [6.07, 6.45) is -1.17. The van der Waals surface area contributed by atoms with Crippen LogP contribution in [-0.4, -0.2) is 68.8 Å². The topological polar surface area (TPSA) is 139 Å².